The first kappa shape index (κ1) is 21.0. The van der Waals surface area contributed by atoms with Gasteiger partial charge in [0.05, 0.1) is 17.5 Å². The van der Waals surface area contributed by atoms with Crippen LogP contribution in [0.5, 0.6) is 5.75 Å². The molecule has 0 fully saturated rings. The second kappa shape index (κ2) is 8.56. The van der Waals surface area contributed by atoms with Gasteiger partial charge in [0.2, 0.25) is 0 Å². The molecule has 3 aromatic carbocycles. The average molecular weight is 455 g/mol. The Bertz CT molecular complexity index is 1510. The molecule has 33 heavy (non-hydrogen) atoms. The number of ether oxygens (including phenoxy) is 1. The molecule has 0 spiro atoms. The van der Waals surface area contributed by atoms with E-state index in [1.165, 1.54) is 3.97 Å². The van der Waals surface area contributed by atoms with Crippen molar-refractivity contribution in [2.24, 2.45) is 0 Å². The molecule has 0 atom stereocenters. The highest BCUT2D eigenvalue weighted by molar-refractivity contribution is 7.90. The Morgan fingerprint density at radius 1 is 0.848 bits per heavy atom. The Kier molecular flexibility index (Phi) is 5.44. The molecular formula is C27H22N2O3S. The highest BCUT2D eigenvalue weighted by Gasteiger charge is 2.23. The quantitative estimate of drug-likeness (QED) is 0.338. The molecule has 0 saturated heterocycles. The maximum absolute atomic E-state index is 13.4. The summed E-state index contributed by atoms with van der Waals surface area (Å²) in [4.78, 5) is 4.43. The van der Waals surface area contributed by atoms with Crippen molar-refractivity contribution >= 4 is 20.9 Å². The molecule has 0 unspecified atom stereocenters. The van der Waals surface area contributed by atoms with Gasteiger partial charge in [-0.25, -0.2) is 12.4 Å². The van der Waals surface area contributed by atoms with Gasteiger partial charge in [-0.15, -0.1) is 0 Å². The molecular weight excluding hydrogens is 432 g/mol. The van der Waals surface area contributed by atoms with Gasteiger partial charge in [-0.2, -0.15) is 0 Å². The van der Waals surface area contributed by atoms with Gasteiger partial charge < -0.3 is 4.74 Å². The average Bonchev–Trinajstić information content (AvgIpc) is 3.25. The zero-order valence-corrected chi connectivity index (χ0v) is 18.9. The Morgan fingerprint density at radius 3 is 2.33 bits per heavy atom. The van der Waals surface area contributed by atoms with E-state index in [4.69, 9.17) is 4.74 Å². The lowest BCUT2D eigenvalue weighted by molar-refractivity contribution is 0.419. The molecule has 5 nitrogen and oxygen atoms in total. The van der Waals surface area contributed by atoms with Gasteiger partial charge in [0.1, 0.15) is 5.75 Å². The van der Waals surface area contributed by atoms with E-state index in [0.717, 1.165) is 27.6 Å². The van der Waals surface area contributed by atoms with Crippen LogP contribution in [0, 0.1) is 0 Å². The number of nitrogens with zero attached hydrogens (tertiary/aromatic N) is 2. The number of benzene rings is 3. The first-order valence-electron chi connectivity index (χ1n) is 10.5. The lowest BCUT2D eigenvalue weighted by Crippen LogP contribution is -2.11. The first-order valence-corrected chi connectivity index (χ1v) is 12.0. The van der Waals surface area contributed by atoms with Gasteiger partial charge in [-0.3, -0.25) is 4.98 Å². The lowest BCUT2D eigenvalue weighted by atomic mass is 10.0. The Balaban J connectivity index is 1.59. The summed E-state index contributed by atoms with van der Waals surface area (Å²) in [7, 11) is -2.15. The summed E-state index contributed by atoms with van der Waals surface area (Å²) >= 11 is 0. The van der Waals surface area contributed by atoms with E-state index in [2.05, 4.69) is 29.2 Å². The minimum absolute atomic E-state index is 0.247. The second-order valence-corrected chi connectivity index (χ2v) is 9.55. The lowest BCUT2D eigenvalue weighted by Gasteiger charge is -2.08. The summed E-state index contributed by atoms with van der Waals surface area (Å²) in [6.07, 6.45) is 5.87. The number of hydrogen-bond donors (Lipinski definition) is 0. The standard InChI is InChI=1S/C27H22N2O3S/c1-32-26-11-5-10-25-27(26)23(19-29(25)33(30,31)24-8-3-2-4-9-24)17-20-12-14-21(15-13-20)22-7-6-16-28-18-22/h2-16,18-19H,17H2,1H3. The van der Waals surface area contributed by atoms with E-state index in [1.54, 1.807) is 49.8 Å². The predicted octanol–water partition coefficient (Wildman–Crippen LogP) is 5.54. The zero-order chi connectivity index (χ0) is 22.8. The highest BCUT2D eigenvalue weighted by atomic mass is 32.2. The second-order valence-electron chi connectivity index (χ2n) is 7.74. The van der Waals surface area contributed by atoms with Crippen LogP contribution >= 0.6 is 0 Å². The molecule has 0 aliphatic carbocycles. The molecule has 0 aliphatic rings. The van der Waals surface area contributed by atoms with Gasteiger partial charge in [0, 0.05) is 24.0 Å². The van der Waals surface area contributed by atoms with Crippen molar-refractivity contribution in [3.63, 3.8) is 0 Å². The third-order valence-corrected chi connectivity index (χ3v) is 7.39. The SMILES string of the molecule is COc1cccc2c1c(Cc1ccc(-c3cccnc3)cc1)cn2S(=O)(=O)c1ccccc1. The van der Waals surface area contributed by atoms with Gasteiger partial charge >= 0.3 is 0 Å². The third-order valence-electron chi connectivity index (χ3n) is 5.70. The summed E-state index contributed by atoms with van der Waals surface area (Å²) in [5, 5.41) is 0.802. The van der Waals surface area contributed by atoms with Gasteiger partial charge in [-0.1, -0.05) is 54.6 Å². The fourth-order valence-corrected chi connectivity index (χ4v) is 5.48. The molecule has 0 saturated carbocycles. The number of pyridine rings is 1. The molecule has 164 valence electrons. The van der Waals surface area contributed by atoms with Crippen molar-refractivity contribution in [1.29, 1.82) is 0 Å². The molecule has 5 rings (SSSR count). The fourth-order valence-electron chi connectivity index (χ4n) is 4.08. The molecule has 6 heteroatoms. The van der Waals surface area contributed by atoms with Crippen LogP contribution in [0.25, 0.3) is 22.0 Å². The van der Waals surface area contributed by atoms with E-state index in [9.17, 15) is 8.42 Å². The molecule has 0 amide bonds. The predicted molar refractivity (Wildman–Crippen MR) is 130 cm³/mol. The smallest absolute Gasteiger partial charge is 0.268 e. The zero-order valence-electron chi connectivity index (χ0n) is 18.0. The number of aromatic nitrogens is 2. The van der Waals surface area contributed by atoms with Crippen LogP contribution in [0.15, 0.2) is 108 Å². The van der Waals surface area contributed by atoms with Crippen LogP contribution in [0.4, 0.5) is 0 Å². The first-order chi connectivity index (χ1) is 16.1. The van der Waals surface area contributed by atoms with E-state index in [-0.39, 0.29) is 4.90 Å². The van der Waals surface area contributed by atoms with E-state index in [0.29, 0.717) is 17.7 Å². The minimum Gasteiger partial charge on any atom is -0.496 e. The summed E-state index contributed by atoms with van der Waals surface area (Å²) < 4.78 is 33.8. The summed E-state index contributed by atoms with van der Waals surface area (Å²) in [6, 6.07) is 26.1. The summed E-state index contributed by atoms with van der Waals surface area (Å²) in [6.45, 7) is 0. The van der Waals surface area contributed by atoms with Crippen LogP contribution in [-0.2, 0) is 16.4 Å². The van der Waals surface area contributed by atoms with Crippen molar-refractivity contribution in [3.05, 3.63) is 115 Å². The Hall–Kier alpha value is -3.90. The molecule has 5 aromatic rings. The van der Waals surface area contributed by atoms with Crippen LogP contribution in [0.1, 0.15) is 11.1 Å². The van der Waals surface area contributed by atoms with E-state index < -0.39 is 10.0 Å². The fraction of sp³-hybridized carbons (Fsp3) is 0.0741. The normalized spacial score (nSPS) is 11.5. The maximum atomic E-state index is 13.4. The van der Waals surface area contributed by atoms with Crippen molar-refractivity contribution in [2.45, 2.75) is 11.3 Å². The Labute approximate surface area is 193 Å². The van der Waals surface area contributed by atoms with Crippen molar-refractivity contribution in [3.8, 4) is 16.9 Å². The van der Waals surface area contributed by atoms with Crippen LogP contribution in [0.2, 0.25) is 0 Å². The van der Waals surface area contributed by atoms with Crippen molar-refractivity contribution in [2.75, 3.05) is 7.11 Å². The van der Waals surface area contributed by atoms with Gasteiger partial charge in [0.15, 0.2) is 0 Å². The van der Waals surface area contributed by atoms with Gasteiger partial charge in [0.25, 0.3) is 10.0 Å². The molecule has 0 N–H and O–H groups in total. The summed E-state index contributed by atoms with van der Waals surface area (Å²) in [5.41, 5.74) is 4.69. The van der Waals surface area contributed by atoms with E-state index in [1.807, 2.05) is 36.5 Å². The Morgan fingerprint density at radius 2 is 1.64 bits per heavy atom. The van der Waals surface area contributed by atoms with Crippen molar-refractivity contribution in [1.82, 2.24) is 8.96 Å². The molecule has 0 bridgehead atoms. The van der Waals surface area contributed by atoms with Crippen molar-refractivity contribution < 1.29 is 13.2 Å². The number of hydrogen-bond acceptors (Lipinski definition) is 4. The topological polar surface area (TPSA) is 61.2 Å². The third kappa shape index (κ3) is 3.90. The van der Waals surface area contributed by atoms with Gasteiger partial charge in [-0.05, 0) is 59.0 Å². The highest BCUT2D eigenvalue weighted by Crippen LogP contribution is 2.34. The monoisotopic (exact) mass is 454 g/mol. The van der Waals surface area contributed by atoms with Crippen LogP contribution < -0.4 is 4.74 Å². The number of methoxy groups -OCH3 is 1. The molecule has 2 aromatic heterocycles. The van der Waals surface area contributed by atoms with Crippen LogP contribution in [0.3, 0.4) is 0 Å². The maximum Gasteiger partial charge on any atom is 0.268 e. The van der Waals surface area contributed by atoms with E-state index >= 15 is 0 Å². The number of fused-ring (bicyclic) bond motifs is 1. The summed E-state index contributed by atoms with van der Waals surface area (Å²) in [5.74, 6) is 0.650. The molecule has 2 heterocycles. The minimum atomic E-state index is -3.75. The largest absolute Gasteiger partial charge is 0.496 e. The number of rotatable bonds is 6. The molecule has 0 radical (unpaired) electrons. The molecule has 0 aliphatic heterocycles. The van der Waals surface area contributed by atoms with Crippen LogP contribution in [-0.4, -0.2) is 24.5 Å².